The molecule has 0 aliphatic carbocycles. The van der Waals surface area contributed by atoms with Crippen molar-refractivity contribution < 1.29 is 9.53 Å². The number of carbonyl (C=O) groups excluding carboxylic acids is 1. The highest BCUT2D eigenvalue weighted by molar-refractivity contribution is 5.75. The fourth-order valence-corrected chi connectivity index (χ4v) is 2.09. The number of nitrogen functional groups attached to an aromatic ring is 1. The molecular formula is C12H21N5O2. The van der Waals surface area contributed by atoms with Gasteiger partial charge in [-0.2, -0.15) is 5.10 Å². The smallest absolute Gasteiger partial charge is 0.241 e. The molecule has 1 saturated heterocycles. The van der Waals surface area contributed by atoms with Crippen molar-refractivity contribution in [1.82, 2.24) is 20.0 Å². The van der Waals surface area contributed by atoms with E-state index in [9.17, 15) is 4.79 Å². The molecule has 0 saturated carbocycles. The highest BCUT2D eigenvalue weighted by Crippen LogP contribution is 2.03. The summed E-state index contributed by atoms with van der Waals surface area (Å²) in [6.07, 6.45) is 3.23. The SMILES string of the molecule is CCN1CCOC(CNC(=O)Cn2cc(N)cn2)C1. The number of rotatable bonds is 5. The molecule has 7 heteroatoms. The summed E-state index contributed by atoms with van der Waals surface area (Å²) >= 11 is 0. The zero-order chi connectivity index (χ0) is 13.7. The minimum absolute atomic E-state index is 0.0698. The van der Waals surface area contributed by atoms with Crippen LogP contribution in [0, 0.1) is 0 Å². The topological polar surface area (TPSA) is 85.4 Å². The molecule has 1 unspecified atom stereocenters. The quantitative estimate of drug-likeness (QED) is 0.737. The number of aromatic nitrogens is 2. The molecule has 1 atom stereocenters. The van der Waals surface area contributed by atoms with Gasteiger partial charge in [-0.15, -0.1) is 0 Å². The number of nitrogens with two attached hydrogens (primary N) is 1. The van der Waals surface area contributed by atoms with Crippen LogP contribution >= 0.6 is 0 Å². The van der Waals surface area contributed by atoms with Gasteiger partial charge in [-0.05, 0) is 6.54 Å². The van der Waals surface area contributed by atoms with Crippen LogP contribution in [0.3, 0.4) is 0 Å². The first-order valence-electron chi connectivity index (χ1n) is 6.56. The van der Waals surface area contributed by atoms with E-state index in [1.54, 1.807) is 6.20 Å². The number of likely N-dealkylation sites (N-methyl/N-ethyl adjacent to an activating group) is 1. The Kier molecular flexibility index (Phi) is 4.75. The third-order valence-corrected chi connectivity index (χ3v) is 3.16. The van der Waals surface area contributed by atoms with Gasteiger partial charge in [0, 0.05) is 25.8 Å². The highest BCUT2D eigenvalue weighted by Gasteiger charge is 2.19. The Hall–Kier alpha value is -1.60. The van der Waals surface area contributed by atoms with Gasteiger partial charge in [0.1, 0.15) is 6.54 Å². The second kappa shape index (κ2) is 6.53. The summed E-state index contributed by atoms with van der Waals surface area (Å²) in [5, 5.41) is 6.83. The molecule has 7 nitrogen and oxygen atoms in total. The average molecular weight is 267 g/mol. The Morgan fingerprint density at radius 2 is 2.53 bits per heavy atom. The predicted molar refractivity (Wildman–Crippen MR) is 71.5 cm³/mol. The number of carbonyl (C=O) groups is 1. The normalized spacial score (nSPS) is 20.4. The van der Waals surface area contributed by atoms with Crippen LogP contribution < -0.4 is 11.1 Å². The number of nitrogens with zero attached hydrogens (tertiary/aromatic N) is 3. The van der Waals surface area contributed by atoms with Crippen LogP contribution in [0.1, 0.15) is 6.92 Å². The van der Waals surface area contributed by atoms with Gasteiger partial charge in [0.25, 0.3) is 0 Å². The molecule has 2 rings (SSSR count). The summed E-state index contributed by atoms with van der Waals surface area (Å²) in [5.74, 6) is -0.0830. The molecule has 1 aromatic heterocycles. The van der Waals surface area contributed by atoms with E-state index in [-0.39, 0.29) is 18.6 Å². The van der Waals surface area contributed by atoms with Gasteiger partial charge >= 0.3 is 0 Å². The molecule has 1 amide bonds. The summed E-state index contributed by atoms with van der Waals surface area (Å²) in [4.78, 5) is 14.0. The first kappa shape index (κ1) is 13.8. The third kappa shape index (κ3) is 4.22. The molecule has 0 radical (unpaired) electrons. The van der Waals surface area contributed by atoms with E-state index in [2.05, 4.69) is 22.2 Å². The van der Waals surface area contributed by atoms with Crippen molar-refractivity contribution in [3.63, 3.8) is 0 Å². The largest absolute Gasteiger partial charge is 0.396 e. The van der Waals surface area contributed by atoms with E-state index in [0.717, 1.165) is 26.2 Å². The molecule has 1 aromatic rings. The van der Waals surface area contributed by atoms with Crippen LogP contribution in [-0.4, -0.2) is 59.5 Å². The summed E-state index contributed by atoms with van der Waals surface area (Å²) < 4.78 is 7.13. The maximum absolute atomic E-state index is 11.7. The van der Waals surface area contributed by atoms with Gasteiger partial charge in [-0.25, -0.2) is 0 Å². The number of anilines is 1. The number of hydrogen-bond donors (Lipinski definition) is 2. The average Bonchev–Trinajstić information content (AvgIpc) is 2.82. The van der Waals surface area contributed by atoms with E-state index >= 15 is 0 Å². The molecule has 0 spiro atoms. The van der Waals surface area contributed by atoms with Crippen molar-refractivity contribution in [3.8, 4) is 0 Å². The lowest BCUT2D eigenvalue weighted by Gasteiger charge is -2.32. The maximum Gasteiger partial charge on any atom is 0.241 e. The van der Waals surface area contributed by atoms with E-state index in [0.29, 0.717) is 12.2 Å². The van der Waals surface area contributed by atoms with Crippen LogP contribution in [0.15, 0.2) is 12.4 Å². The monoisotopic (exact) mass is 267 g/mol. The van der Waals surface area contributed by atoms with Gasteiger partial charge in [0.15, 0.2) is 0 Å². The van der Waals surface area contributed by atoms with Crippen LogP contribution in [0.4, 0.5) is 5.69 Å². The summed E-state index contributed by atoms with van der Waals surface area (Å²) in [6, 6.07) is 0. The van der Waals surface area contributed by atoms with E-state index in [1.807, 2.05) is 0 Å². The first-order chi connectivity index (χ1) is 9.17. The van der Waals surface area contributed by atoms with Crippen LogP contribution in [0.25, 0.3) is 0 Å². The molecule has 3 N–H and O–H groups in total. The minimum atomic E-state index is -0.0830. The molecule has 0 bridgehead atoms. The van der Waals surface area contributed by atoms with Crippen LogP contribution in [0.2, 0.25) is 0 Å². The number of nitrogens with one attached hydrogen (secondary N) is 1. The Morgan fingerprint density at radius 1 is 1.68 bits per heavy atom. The summed E-state index contributed by atoms with van der Waals surface area (Å²) in [7, 11) is 0. The fraction of sp³-hybridized carbons (Fsp3) is 0.667. The van der Waals surface area contributed by atoms with Crippen LogP contribution in [-0.2, 0) is 16.1 Å². The van der Waals surface area contributed by atoms with Gasteiger partial charge in [0.05, 0.1) is 24.6 Å². The third-order valence-electron chi connectivity index (χ3n) is 3.16. The van der Waals surface area contributed by atoms with Crippen molar-refractivity contribution in [2.24, 2.45) is 0 Å². The van der Waals surface area contributed by atoms with E-state index in [1.165, 1.54) is 10.9 Å². The van der Waals surface area contributed by atoms with Gasteiger partial charge < -0.3 is 15.8 Å². The Bertz CT molecular complexity index is 420. The zero-order valence-corrected chi connectivity index (χ0v) is 11.2. The lowest BCUT2D eigenvalue weighted by Crippen LogP contribution is -2.47. The zero-order valence-electron chi connectivity index (χ0n) is 11.2. The van der Waals surface area contributed by atoms with Crippen molar-refractivity contribution in [3.05, 3.63) is 12.4 Å². The Morgan fingerprint density at radius 3 is 3.21 bits per heavy atom. The predicted octanol–water partition coefficient (Wildman–Crippen LogP) is -0.698. The summed E-state index contributed by atoms with van der Waals surface area (Å²) in [6.45, 7) is 6.42. The lowest BCUT2D eigenvalue weighted by molar-refractivity contribution is -0.123. The molecule has 1 aliphatic heterocycles. The Balaban J connectivity index is 1.71. The molecule has 2 heterocycles. The molecule has 1 fully saturated rings. The molecule has 1 aliphatic rings. The number of amides is 1. The Labute approximate surface area is 112 Å². The standard InChI is InChI=1S/C12H21N5O2/c1-2-16-3-4-19-11(8-16)6-14-12(18)9-17-7-10(13)5-15-17/h5,7,11H,2-4,6,8-9,13H2,1H3,(H,14,18). The second-order valence-electron chi connectivity index (χ2n) is 4.66. The summed E-state index contributed by atoms with van der Waals surface area (Å²) in [5.41, 5.74) is 6.09. The van der Waals surface area contributed by atoms with Crippen molar-refractivity contribution in [2.45, 2.75) is 19.6 Å². The molecule has 106 valence electrons. The van der Waals surface area contributed by atoms with Crippen molar-refractivity contribution in [1.29, 1.82) is 0 Å². The van der Waals surface area contributed by atoms with E-state index in [4.69, 9.17) is 10.5 Å². The van der Waals surface area contributed by atoms with Crippen LogP contribution in [0.5, 0.6) is 0 Å². The van der Waals surface area contributed by atoms with E-state index < -0.39 is 0 Å². The highest BCUT2D eigenvalue weighted by atomic mass is 16.5. The minimum Gasteiger partial charge on any atom is -0.396 e. The maximum atomic E-state index is 11.7. The molecule has 0 aromatic carbocycles. The fourth-order valence-electron chi connectivity index (χ4n) is 2.09. The lowest BCUT2D eigenvalue weighted by atomic mass is 10.2. The van der Waals surface area contributed by atoms with Gasteiger partial charge in [0.2, 0.25) is 5.91 Å². The van der Waals surface area contributed by atoms with Gasteiger partial charge in [-0.3, -0.25) is 14.4 Å². The second-order valence-corrected chi connectivity index (χ2v) is 4.66. The molecular weight excluding hydrogens is 246 g/mol. The number of hydrogen-bond acceptors (Lipinski definition) is 5. The van der Waals surface area contributed by atoms with Gasteiger partial charge in [-0.1, -0.05) is 6.92 Å². The van der Waals surface area contributed by atoms with Crippen molar-refractivity contribution in [2.75, 3.05) is 38.5 Å². The number of morpholine rings is 1. The molecule has 19 heavy (non-hydrogen) atoms. The van der Waals surface area contributed by atoms with Crippen molar-refractivity contribution >= 4 is 11.6 Å². The number of ether oxygens (including phenoxy) is 1. The first-order valence-corrected chi connectivity index (χ1v) is 6.56.